The highest BCUT2D eigenvalue weighted by Gasteiger charge is 2.35. The molecular weight excluding hydrogens is 168 g/mol. The van der Waals surface area contributed by atoms with Gasteiger partial charge in [-0.15, -0.1) is 0 Å². The van der Waals surface area contributed by atoms with Crippen LogP contribution in [0.2, 0.25) is 0 Å². The molecule has 4 nitrogen and oxygen atoms in total. The molecular formula is C9H8N2O2. The van der Waals surface area contributed by atoms with Gasteiger partial charge in [0.1, 0.15) is 0 Å². The fourth-order valence-corrected chi connectivity index (χ4v) is 0.894. The lowest BCUT2D eigenvalue weighted by Gasteiger charge is -2.15. The number of rotatable bonds is 2. The molecule has 0 aliphatic heterocycles. The van der Waals surface area contributed by atoms with Crippen LogP contribution >= 0.6 is 0 Å². The molecule has 13 heavy (non-hydrogen) atoms. The number of pyridine rings is 1. The minimum Gasteiger partial charge on any atom is -0.480 e. The van der Waals surface area contributed by atoms with Gasteiger partial charge < -0.3 is 5.11 Å². The summed E-state index contributed by atoms with van der Waals surface area (Å²) in [5.41, 5.74) is -1.11. The van der Waals surface area contributed by atoms with Crippen LogP contribution in [-0.2, 0) is 10.2 Å². The normalized spacial score (nSPS) is 14.2. The lowest BCUT2D eigenvalue weighted by atomic mass is 9.85. The van der Waals surface area contributed by atoms with E-state index in [1.165, 1.54) is 19.3 Å². The summed E-state index contributed by atoms with van der Waals surface area (Å²) in [6.07, 6.45) is 2.92. The van der Waals surface area contributed by atoms with Crippen molar-refractivity contribution in [3.05, 3.63) is 30.1 Å². The first-order valence-electron chi connectivity index (χ1n) is 3.66. The Morgan fingerprint density at radius 2 is 2.46 bits per heavy atom. The van der Waals surface area contributed by atoms with Crippen molar-refractivity contribution >= 4 is 5.97 Å². The van der Waals surface area contributed by atoms with Crippen LogP contribution in [0.4, 0.5) is 0 Å². The average molecular weight is 176 g/mol. The third kappa shape index (κ3) is 1.49. The van der Waals surface area contributed by atoms with Crippen LogP contribution in [0.3, 0.4) is 0 Å². The summed E-state index contributed by atoms with van der Waals surface area (Å²) in [7, 11) is 0. The van der Waals surface area contributed by atoms with Crippen molar-refractivity contribution < 1.29 is 9.90 Å². The summed E-state index contributed by atoms with van der Waals surface area (Å²) in [5.74, 6) is -1.16. The Kier molecular flexibility index (Phi) is 2.29. The zero-order valence-electron chi connectivity index (χ0n) is 7.06. The topological polar surface area (TPSA) is 74.0 Å². The molecule has 0 aliphatic carbocycles. The Bertz CT molecular complexity index is 356. The van der Waals surface area contributed by atoms with Gasteiger partial charge in [-0.1, -0.05) is 6.07 Å². The van der Waals surface area contributed by atoms with E-state index >= 15 is 0 Å². The SMILES string of the molecule is CC(C#N)(C(=O)O)c1cccnc1. The minimum absolute atomic E-state index is 0.394. The fourth-order valence-electron chi connectivity index (χ4n) is 0.894. The quantitative estimate of drug-likeness (QED) is 0.727. The molecule has 66 valence electrons. The van der Waals surface area contributed by atoms with Crippen LogP contribution in [0.25, 0.3) is 0 Å². The van der Waals surface area contributed by atoms with Crippen molar-refractivity contribution in [2.45, 2.75) is 12.3 Å². The van der Waals surface area contributed by atoms with Gasteiger partial charge in [-0.05, 0) is 13.0 Å². The Hall–Kier alpha value is -1.89. The maximum atomic E-state index is 10.8. The molecule has 0 fully saturated rings. The number of hydrogen-bond donors (Lipinski definition) is 1. The monoisotopic (exact) mass is 176 g/mol. The van der Waals surface area contributed by atoms with Gasteiger partial charge in [0, 0.05) is 18.0 Å². The molecule has 0 spiro atoms. The summed E-state index contributed by atoms with van der Waals surface area (Å²) in [6.45, 7) is 1.35. The number of nitrogens with zero attached hydrogens (tertiary/aromatic N) is 2. The van der Waals surface area contributed by atoms with Crippen molar-refractivity contribution in [2.24, 2.45) is 0 Å². The summed E-state index contributed by atoms with van der Waals surface area (Å²) in [6, 6.07) is 4.93. The van der Waals surface area contributed by atoms with E-state index in [0.717, 1.165) is 0 Å². The summed E-state index contributed by atoms with van der Waals surface area (Å²) >= 11 is 0. The zero-order chi connectivity index (χ0) is 9.90. The second-order valence-electron chi connectivity index (χ2n) is 2.78. The first-order chi connectivity index (χ1) is 6.11. The molecule has 1 N–H and O–H groups in total. The Morgan fingerprint density at radius 1 is 1.77 bits per heavy atom. The van der Waals surface area contributed by atoms with E-state index < -0.39 is 11.4 Å². The van der Waals surface area contributed by atoms with Crippen LogP contribution in [-0.4, -0.2) is 16.1 Å². The fraction of sp³-hybridized carbons (Fsp3) is 0.222. The smallest absolute Gasteiger partial charge is 0.328 e. The molecule has 1 rings (SSSR count). The number of carboxylic acid groups (broad SMARTS) is 1. The van der Waals surface area contributed by atoms with Gasteiger partial charge >= 0.3 is 5.97 Å². The highest BCUT2D eigenvalue weighted by molar-refractivity contribution is 5.84. The zero-order valence-corrected chi connectivity index (χ0v) is 7.06. The van der Waals surface area contributed by atoms with Gasteiger partial charge in [0.25, 0.3) is 0 Å². The van der Waals surface area contributed by atoms with E-state index in [0.29, 0.717) is 5.56 Å². The molecule has 0 radical (unpaired) electrons. The average Bonchev–Trinajstić information content (AvgIpc) is 2.17. The van der Waals surface area contributed by atoms with Crippen molar-refractivity contribution in [3.63, 3.8) is 0 Å². The van der Waals surface area contributed by atoms with E-state index in [9.17, 15) is 4.79 Å². The molecule has 0 aliphatic rings. The summed E-state index contributed by atoms with van der Waals surface area (Å²) in [4.78, 5) is 14.6. The van der Waals surface area contributed by atoms with E-state index in [4.69, 9.17) is 10.4 Å². The highest BCUT2D eigenvalue weighted by atomic mass is 16.4. The predicted octanol–water partition coefficient (Wildman–Crippen LogP) is 0.947. The molecule has 4 heteroatoms. The van der Waals surface area contributed by atoms with Gasteiger partial charge in [0.15, 0.2) is 5.41 Å². The van der Waals surface area contributed by atoms with Crippen LogP contribution in [0.1, 0.15) is 12.5 Å². The molecule has 1 heterocycles. The van der Waals surface area contributed by atoms with Gasteiger partial charge in [0.2, 0.25) is 0 Å². The van der Waals surface area contributed by atoms with Crippen molar-refractivity contribution in [1.82, 2.24) is 4.98 Å². The Labute approximate surface area is 75.5 Å². The Balaban J connectivity index is 3.21. The minimum atomic E-state index is -1.51. The lowest BCUT2D eigenvalue weighted by molar-refractivity contribution is -0.141. The van der Waals surface area contributed by atoms with E-state index in [2.05, 4.69) is 4.98 Å². The summed E-state index contributed by atoms with van der Waals surface area (Å²) in [5, 5.41) is 17.6. The maximum absolute atomic E-state index is 10.8. The first kappa shape index (κ1) is 9.20. The number of aromatic nitrogens is 1. The van der Waals surface area contributed by atoms with E-state index in [1.807, 2.05) is 0 Å². The molecule has 1 aromatic heterocycles. The van der Waals surface area contributed by atoms with E-state index in [1.54, 1.807) is 18.2 Å². The van der Waals surface area contributed by atoms with Gasteiger partial charge in [-0.2, -0.15) is 5.26 Å². The van der Waals surface area contributed by atoms with Gasteiger partial charge in [-0.3, -0.25) is 9.78 Å². The largest absolute Gasteiger partial charge is 0.480 e. The molecule has 0 saturated heterocycles. The third-order valence-electron chi connectivity index (χ3n) is 1.89. The van der Waals surface area contributed by atoms with Crippen LogP contribution in [0.15, 0.2) is 24.5 Å². The number of carboxylic acids is 1. The third-order valence-corrected chi connectivity index (χ3v) is 1.89. The first-order valence-corrected chi connectivity index (χ1v) is 3.66. The number of carbonyl (C=O) groups is 1. The molecule has 0 bridgehead atoms. The molecule has 0 saturated carbocycles. The molecule has 1 atom stereocenters. The van der Waals surface area contributed by atoms with Crippen molar-refractivity contribution in [1.29, 1.82) is 5.26 Å². The number of aliphatic carboxylic acids is 1. The molecule has 1 aromatic rings. The molecule has 0 aromatic carbocycles. The van der Waals surface area contributed by atoms with Gasteiger partial charge in [-0.25, -0.2) is 0 Å². The van der Waals surface area contributed by atoms with Crippen LogP contribution in [0.5, 0.6) is 0 Å². The Morgan fingerprint density at radius 3 is 2.85 bits per heavy atom. The van der Waals surface area contributed by atoms with Crippen molar-refractivity contribution in [2.75, 3.05) is 0 Å². The van der Waals surface area contributed by atoms with E-state index in [-0.39, 0.29) is 0 Å². The highest BCUT2D eigenvalue weighted by Crippen LogP contribution is 2.21. The predicted molar refractivity (Wildman–Crippen MR) is 44.8 cm³/mol. The van der Waals surface area contributed by atoms with Crippen LogP contribution in [0, 0.1) is 11.3 Å². The number of nitriles is 1. The van der Waals surface area contributed by atoms with Gasteiger partial charge in [0.05, 0.1) is 6.07 Å². The van der Waals surface area contributed by atoms with Crippen LogP contribution < -0.4 is 0 Å². The second kappa shape index (κ2) is 3.23. The summed E-state index contributed by atoms with van der Waals surface area (Å²) < 4.78 is 0. The number of hydrogen-bond acceptors (Lipinski definition) is 3. The van der Waals surface area contributed by atoms with Crippen molar-refractivity contribution in [3.8, 4) is 6.07 Å². The molecule has 0 amide bonds. The molecule has 1 unspecified atom stereocenters. The maximum Gasteiger partial charge on any atom is 0.328 e. The second-order valence-corrected chi connectivity index (χ2v) is 2.78. The lowest BCUT2D eigenvalue weighted by Crippen LogP contribution is -2.30. The standard InChI is InChI=1S/C9H8N2O2/c1-9(6-10,8(12)13)7-3-2-4-11-5-7/h2-5H,1H3,(H,12,13).